The third-order valence-corrected chi connectivity index (χ3v) is 6.31. The maximum atomic E-state index is 3.99. The summed E-state index contributed by atoms with van der Waals surface area (Å²) in [5.41, 5.74) is 2.98. The van der Waals surface area contributed by atoms with Crippen LogP contribution >= 0.6 is 0 Å². The summed E-state index contributed by atoms with van der Waals surface area (Å²) in [5.74, 6) is 0.780. The van der Waals surface area contributed by atoms with Crippen LogP contribution in [0.2, 0.25) is 0 Å². The maximum Gasteiger partial charge on any atom is 0.0233 e. The van der Waals surface area contributed by atoms with Crippen molar-refractivity contribution >= 4 is 0 Å². The van der Waals surface area contributed by atoms with E-state index in [0.29, 0.717) is 0 Å². The van der Waals surface area contributed by atoms with Crippen LogP contribution in [0.15, 0.2) is 60.7 Å². The van der Waals surface area contributed by atoms with Gasteiger partial charge in [0.2, 0.25) is 0 Å². The Morgan fingerprint density at radius 1 is 0.692 bits per heavy atom. The van der Waals surface area contributed by atoms with Crippen LogP contribution in [-0.2, 0) is 6.54 Å². The third-order valence-electron chi connectivity index (χ3n) is 6.31. The predicted molar refractivity (Wildman–Crippen MR) is 109 cm³/mol. The molecule has 1 aliphatic heterocycles. The molecular weight excluding hydrogens is 316 g/mol. The molecule has 1 N–H and O–H groups in total. The first-order chi connectivity index (χ1) is 12.9. The van der Waals surface area contributed by atoms with Crippen LogP contribution in [0.1, 0.15) is 55.6 Å². The van der Waals surface area contributed by atoms with Crippen molar-refractivity contribution in [2.75, 3.05) is 13.1 Å². The number of piperidine rings is 1. The molecule has 138 valence electrons. The Morgan fingerprint density at radius 3 is 1.92 bits per heavy atom. The minimum absolute atomic E-state index is 0.722. The Morgan fingerprint density at radius 2 is 1.27 bits per heavy atom. The summed E-state index contributed by atoms with van der Waals surface area (Å²) < 4.78 is 0. The zero-order chi connectivity index (χ0) is 17.6. The molecule has 0 amide bonds. The lowest BCUT2D eigenvalue weighted by Crippen LogP contribution is -2.46. The minimum atomic E-state index is 0.722. The molecule has 0 unspecified atom stereocenters. The summed E-state index contributed by atoms with van der Waals surface area (Å²) in [6, 6.07) is 23.5. The summed E-state index contributed by atoms with van der Waals surface area (Å²) in [4.78, 5) is 2.61. The van der Waals surface area contributed by atoms with E-state index in [9.17, 15) is 0 Å². The van der Waals surface area contributed by atoms with E-state index >= 15 is 0 Å². The zero-order valence-corrected chi connectivity index (χ0v) is 15.8. The van der Waals surface area contributed by atoms with Crippen molar-refractivity contribution in [3.05, 3.63) is 71.8 Å². The number of nitrogens with zero attached hydrogens (tertiary/aromatic N) is 1. The Hall–Kier alpha value is -1.64. The van der Waals surface area contributed by atoms with Crippen molar-refractivity contribution in [3.63, 3.8) is 0 Å². The molecule has 1 saturated heterocycles. The van der Waals surface area contributed by atoms with Gasteiger partial charge in [-0.3, -0.25) is 4.90 Å². The van der Waals surface area contributed by atoms with E-state index in [2.05, 4.69) is 70.9 Å². The fourth-order valence-corrected chi connectivity index (χ4v) is 4.75. The summed E-state index contributed by atoms with van der Waals surface area (Å²) in [5, 5.41) is 3.99. The zero-order valence-electron chi connectivity index (χ0n) is 15.8. The SMILES string of the molecule is c1ccc(CN2CCC(NC3CCC(c4ccccc4)CC3)CC2)cc1. The Kier molecular flexibility index (Phi) is 6.03. The van der Waals surface area contributed by atoms with Crippen LogP contribution in [-0.4, -0.2) is 30.1 Å². The van der Waals surface area contributed by atoms with Gasteiger partial charge in [-0.25, -0.2) is 0 Å². The molecule has 0 radical (unpaired) electrons. The van der Waals surface area contributed by atoms with Gasteiger partial charge in [-0.05, 0) is 68.7 Å². The van der Waals surface area contributed by atoms with Gasteiger partial charge in [-0.15, -0.1) is 0 Å². The second-order valence-electron chi connectivity index (χ2n) is 8.16. The van der Waals surface area contributed by atoms with Crippen molar-refractivity contribution in [2.24, 2.45) is 0 Å². The van der Waals surface area contributed by atoms with Crippen molar-refractivity contribution in [3.8, 4) is 0 Å². The topological polar surface area (TPSA) is 15.3 Å². The molecule has 2 fully saturated rings. The fourth-order valence-electron chi connectivity index (χ4n) is 4.75. The molecule has 2 aromatic rings. The number of hydrogen-bond donors (Lipinski definition) is 1. The molecule has 0 aromatic heterocycles. The highest BCUT2D eigenvalue weighted by atomic mass is 15.1. The Bertz CT molecular complexity index is 638. The number of benzene rings is 2. The molecule has 2 nitrogen and oxygen atoms in total. The lowest BCUT2D eigenvalue weighted by atomic mass is 9.81. The molecular formula is C24H32N2. The summed E-state index contributed by atoms with van der Waals surface area (Å²) in [6.45, 7) is 3.56. The number of nitrogens with one attached hydrogen (secondary N) is 1. The molecule has 2 heteroatoms. The van der Waals surface area contributed by atoms with Crippen LogP contribution in [0.3, 0.4) is 0 Å². The van der Waals surface area contributed by atoms with E-state index in [-0.39, 0.29) is 0 Å². The van der Waals surface area contributed by atoms with Gasteiger partial charge in [0.1, 0.15) is 0 Å². The maximum absolute atomic E-state index is 3.99. The second-order valence-corrected chi connectivity index (χ2v) is 8.16. The Labute approximate surface area is 158 Å². The van der Waals surface area contributed by atoms with Crippen LogP contribution in [0, 0.1) is 0 Å². The van der Waals surface area contributed by atoms with E-state index in [4.69, 9.17) is 0 Å². The van der Waals surface area contributed by atoms with Crippen molar-refractivity contribution < 1.29 is 0 Å². The van der Waals surface area contributed by atoms with Crippen LogP contribution < -0.4 is 5.32 Å². The minimum Gasteiger partial charge on any atom is -0.311 e. The van der Waals surface area contributed by atoms with E-state index in [1.54, 1.807) is 5.56 Å². The third kappa shape index (κ3) is 4.75. The van der Waals surface area contributed by atoms with Crippen molar-refractivity contribution in [2.45, 2.75) is 63.1 Å². The normalized spacial score (nSPS) is 25.2. The van der Waals surface area contributed by atoms with Crippen molar-refractivity contribution in [1.29, 1.82) is 0 Å². The highest BCUT2D eigenvalue weighted by molar-refractivity contribution is 5.20. The molecule has 1 aliphatic carbocycles. The number of likely N-dealkylation sites (tertiary alicyclic amines) is 1. The molecule has 0 bridgehead atoms. The summed E-state index contributed by atoms with van der Waals surface area (Å²) >= 11 is 0. The average molecular weight is 349 g/mol. The first kappa shape index (κ1) is 17.8. The van der Waals surface area contributed by atoms with Gasteiger partial charge in [-0.2, -0.15) is 0 Å². The number of hydrogen-bond acceptors (Lipinski definition) is 2. The lowest BCUT2D eigenvalue weighted by molar-refractivity contribution is 0.176. The number of rotatable bonds is 5. The molecule has 0 spiro atoms. The monoisotopic (exact) mass is 348 g/mol. The molecule has 4 rings (SSSR count). The van der Waals surface area contributed by atoms with E-state index in [1.165, 1.54) is 57.2 Å². The molecule has 2 aliphatic rings. The van der Waals surface area contributed by atoms with Gasteiger partial charge >= 0.3 is 0 Å². The van der Waals surface area contributed by atoms with E-state index < -0.39 is 0 Å². The highest BCUT2D eigenvalue weighted by Gasteiger charge is 2.26. The van der Waals surface area contributed by atoms with Gasteiger partial charge < -0.3 is 5.32 Å². The fraction of sp³-hybridized carbons (Fsp3) is 0.500. The van der Waals surface area contributed by atoms with Crippen LogP contribution in [0.25, 0.3) is 0 Å². The van der Waals surface area contributed by atoms with Gasteiger partial charge in [0.25, 0.3) is 0 Å². The highest BCUT2D eigenvalue weighted by Crippen LogP contribution is 2.33. The van der Waals surface area contributed by atoms with E-state index in [1.807, 2.05) is 0 Å². The van der Waals surface area contributed by atoms with Crippen LogP contribution in [0.4, 0.5) is 0 Å². The molecule has 0 atom stereocenters. The van der Waals surface area contributed by atoms with Gasteiger partial charge in [0.05, 0.1) is 0 Å². The van der Waals surface area contributed by atoms with Crippen molar-refractivity contribution in [1.82, 2.24) is 10.2 Å². The molecule has 1 saturated carbocycles. The quantitative estimate of drug-likeness (QED) is 0.821. The Balaban J connectivity index is 1.18. The van der Waals surface area contributed by atoms with Gasteiger partial charge in [0.15, 0.2) is 0 Å². The van der Waals surface area contributed by atoms with Gasteiger partial charge in [0, 0.05) is 18.6 Å². The van der Waals surface area contributed by atoms with E-state index in [0.717, 1.165) is 24.5 Å². The largest absolute Gasteiger partial charge is 0.311 e. The average Bonchev–Trinajstić information content (AvgIpc) is 2.72. The van der Waals surface area contributed by atoms with Gasteiger partial charge in [-0.1, -0.05) is 60.7 Å². The lowest BCUT2D eigenvalue weighted by Gasteiger charge is -2.37. The predicted octanol–water partition coefficient (Wildman–Crippen LogP) is 4.97. The summed E-state index contributed by atoms with van der Waals surface area (Å²) in [7, 11) is 0. The van der Waals surface area contributed by atoms with Crippen LogP contribution in [0.5, 0.6) is 0 Å². The molecule has 2 aromatic carbocycles. The first-order valence-electron chi connectivity index (χ1n) is 10.4. The standard InChI is InChI=1S/C24H32N2/c1-3-7-20(8-4-1)19-26-17-15-24(16-18-26)25-23-13-11-22(12-14-23)21-9-5-2-6-10-21/h1-10,22-25H,11-19H2. The summed E-state index contributed by atoms with van der Waals surface area (Å²) in [6.07, 6.45) is 7.95. The smallest absolute Gasteiger partial charge is 0.0233 e. The molecule has 1 heterocycles. The second kappa shape index (κ2) is 8.83. The first-order valence-corrected chi connectivity index (χ1v) is 10.4. The molecule has 26 heavy (non-hydrogen) atoms.